The second-order valence-corrected chi connectivity index (χ2v) is 5.51. The molecule has 0 aromatic carbocycles. The number of rotatable bonds is 3. The van der Waals surface area contributed by atoms with Crippen LogP contribution in [-0.4, -0.2) is 25.9 Å². The van der Waals surface area contributed by atoms with Crippen LogP contribution in [0.5, 0.6) is 0 Å². The summed E-state index contributed by atoms with van der Waals surface area (Å²) in [6, 6.07) is 0. The standard InChI is InChI=1S/C9H11N5S2/c1-3-15-9-14-13-8(16-9)6-4-11-5(2)12-7(6)10/h4H,3H2,1-2H3,(H2,10,11,12). The Balaban J connectivity index is 2.35. The quantitative estimate of drug-likeness (QED) is 0.843. The number of nitrogens with zero attached hydrogens (tertiary/aromatic N) is 4. The lowest BCUT2D eigenvalue weighted by atomic mass is 10.3. The molecule has 0 aliphatic rings. The van der Waals surface area contributed by atoms with Crippen LogP contribution in [0.1, 0.15) is 12.7 Å². The number of hydrogen-bond donors (Lipinski definition) is 1. The zero-order valence-corrected chi connectivity index (χ0v) is 10.6. The highest BCUT2D eigenvalue weighted by Gasteiger charge is 2.11. The molecule has 0 radical (unpaired) electrons. The van der Waals surface area contributed by atoms with E-state index in [9.17, 15) is 0 Å². The number of aromatic nitrogens is 4. The van der Waals surface area contributed by atoms with Crippen LogP contribution in [0, 0.1) is 6.92 Å². The number of nitrogen functional groups attached to an aromatic ring is 1. The zero-order valence-electron chi connectivity index (χ0n) is 8.97. The lowest BCUT2D eigenvalue weighted by molar-refractivity contribution is 1.01. The molecule has 0 unspecified atom stereocenters. The lowest BCUT2D eigenvalue weighted by Crippen LogP contribution is -1.97. The van der Waals surface area contributed by atoms with E-state index in [2.05, 4.69) is 27.1 Å². The van der Waals surface area contributed by atoms with E-state index >= 15 is 0 Å². The Morgan fingerprint density at radius 3 is 2.94 bits per heavy atom. The predicted molar refractivity (Wildman–Crippen MR) is 66.5 cm³/mol. The average Bonchev–Trinajstić information content (AvgIpc) is 2.67. The molecule has 7 heteroatoms. The first-order valence-electron chi connectivity index (χ1n) is 4.76. The van der Waals surface area contributed by atoms with E-state index in [-0.39, 0.29) is 0 Å². The van der Waals surface area contributed by atoms with Crippen molar-refractivity contribution >= 4 is 28.9 Å². The molecule has 0 amide bonds. The van der Waals surface area contributed by atoms with Crippen molar-refractivity contribution < 1.29 is 0 Å². The second kappa shape index (κ2) is 4.75. The Labute approximate surface area is 102 Å². The van der Waals surface area contributed by atoms with Crippen molar-refractivity contribution in [3.05, 3.63) is 12.0 Å². The number of anilines is 1. The van der Waals surface area contributed by atoms with Gasteiger partial charge in [-0.3, -0.25) is 0 Å². The first kappa shape index (κ1) is 11.3. The molecule has 5 nitrogen and oxygen atoms in total. The third-order valence-electron chi connectivity index (χ3n) is 1.84. The van der Waals surface area contributed by atoms with Gasteiger partial charge in [-0.15, -0.1) is 10.2 Å². The van der Waals surface area contributed by atoms with Gasteiger partial charge >= 0.3 is 0 Å². The van der Waals surface area contributed by atoms with Crippen LogP contribution < -0.4 is 5.73 Å². The van der Waals surface area contributed by atoms with Gasteiger partial charge in [-0.2, -0.15) is 0 Å². The van der Waals surface area contributed by atoms with Crippen LogP contribution in [0.3, 0.4) is 0 Å². The van der Waals surface area contributed by atoms with Crippen molar-refractivity contribution in [1.82, 2.24) is 20.2 Å². The van der Waals surface area contributed by atoms with Crippen molar-refractivity contribution in [2.45, 2.75) is 18.2 Å². The molecule has 0 fully saturated rings. The molecule has 0 spiro atoms. The molecule has 84 valence electrons. The fourth-order valence-corrected chi connectivity index (χ4v) is 2.92. The number of nitrogens with two attached hydrogens (primary N) is 1. The van der Waals surface area contributed by atoms with Gasteiger partial charge in [0.05, 0.1) is 5.56 Å². The average molecular weight is 253 g/mol. The van der Waals surface area contributed by atoms with Crippen LogP contribution in [0.15, 0.2) is 10.5 Å². The maximum Gasteiger partial charge on any atom is 0.174 e. The van der Waals surface area contributed by atoms with E-state index < -0.39 is 0 Å². The molecule has 0 saturated carbocycles. The Morgan fingerprint density at radius 2 is 2.25 bits per heavy atom. The van der Waals surface area contributed by atoms with Crippen molar-refractivity contribution in [1.29, 1.82) is 0 Å². The van der Waals surface area contributed by atoms with E-state index in [1.54, 1.807) is 24.9 Å². The summed E-state index contributed by atoms with van der Waals surface area (Å²) in [5.74, 6) is 2.10. The van der Waals surface area contributed by atoms with Gasteiger partial charge in [-0.25, -0.2) is 9.97 Å². The van der Waals surface area contributed by atoms with Crippen LogP contribution >= 0.6 is 23.1 Å². The molecule has 0 atom stereocenters. The smallest absolute Gasteiger partial charge is 0.174 e. The van der Waals surface area contributed by atoms with Crippen molar-refractivity contribution in [3.8, 4) is 10.6 Å². The summed E-state index contributed by atoms with van der Waals surface area (Å²) in [6.07, 6.45) is 1.69. The number of hydrogen-bond acceptors (Lipinski definition) is 7. The fraction of sp³-hybridized carbons (Fsp3) is 0.333. The van der Waals surface area contributed by atoms with Crippen molar-refractivity contribution in [2.24, 2.45) is 0 Å². The van der Waals surface area contributed by atoms with Gasteiger partial charge in [0.1, 0.15) is 11.6 Å². The van der Waals surface area contributed by atoms with Gasteiger partial charge in [0, 0.05) is 6.20 Å². The summed E-state index contributed by atoms with van der Waals surface area (Å²) in [4.78, 5) is 8.22. The van der Waals surface area contributed by atoms with E-state index in [0.717, 1.165) is 20.7 Å². The highest BCUT2D eigenvalue weighted by Crippen LogP contribution is 2.30. The third-order valence-corrected chi connectivity index (χ3v) is 3.82. The SMILES string of the molecule is CCSc1nnc(-c2cnc(C)nc2N)s1. The molecule has 0 aliphatic heterocycles. The first-order valence-corrected chi connectivity index (χ1v) is 6.56. The van der Waals surface area contributed by atoms with E-state index in [1.807, 2.05) is 0 Å². The fourth-order valence-electron chi connectivity index (χ4n) is 1.15. The summed E-state index contributed by atoms with van der Waals surface area (Å²) in [5, 5.41) is 8.92. The maximum absolute atomic E-state index is 5.82. The maximum atomic E-state index is 5.82. The highest BCUT2D eigenvalue weighted by molar-refractivity contribution is 8.01. The van der Waals surface area contributed by atoms with E-state index in [4.69, 9.17) is 5.73 Å². The van der Waals surface area contributed by atoms with Gasteiger partial charge in [0.2, 0.25) is 0 Å². The minimum Gasteiger partial charge on any atom is -0.383 e. The first-order chi connectivity index (χ1) is 7.70. The molecule has 2 aromatic heterocycles. The summed E-state index contributed by atoms with van der Waals surface area (Å²) >= 11 is 3.17. The van der Waals surface area contributed by atoms with Crippen LogP contribution in [0.25, 0.3) is 10.6 Å². The zero-order chi connectivity index (χ0) is 11.5. The predicted octanol–water partition coefficient (Wildman–Crippen LogP) is 2.00. The molecular weight excluding hydrogens is 242 g/mol. The minimum atomic E-state index is 0.455. The van der Waals surface area contributed by atoms with Gasteiger partial charge in [-0.05, 0) is 12.7 Å². The Bertz CT molecular complexity index is 496. The molecule has 2 heterocycles. The van der Waals surface area contributed by atoms with Crippen LogP contribution in [0.4, 0.5) is 5.82 Å². The van der Waals surface area contributed by atoms with Gasteiger partial charge < -0.3 is 5.73 Å². The van der Waals surface area contributed by atoms with Crippen LogP contribution in [0.2, 0.25) is 0 Å². The van der Waals surface area contributed by atoms with Gasteiger partial charge in [0.25, 0.3) is 0 Å². The molecule has 2 aromatic rings. The Hall–Kier alpha value is -1.21. The van der Waals surface area contributed by atoms with Crippen LogP contribution in [-0.2, 0) is 0 Å². The molecule has 0 bridgehead atoms. The lowest BCUT2D eigenvalue weighted by Gasteiger charge is -1.99. The molecule has 2 rings (SSSR count). The largest absolute Gasteiger partial charge is 0.383 e. The van der Waals surface area contributed by atoms with Crippen molar-refractivity contribution in [3.63, 3.8) is 0 Å². The topological polar surface area (TPSA) is 77.6 Å². The minimum absolute atomic E-state index is 0.455. The monoisotopic (exact) mass is 253 g/mol. The molecular formula is C9H11N5S2. The third kappa shape index (κ3) is 2.30. The molecule has 0 aliphatic carbocycles. The second-order valence-electron chi connectivity index (χ2n) is 3.02. The van der Waals surface area contributed by atoms with Gasteiger partial charge in [0.15, 0.2) is 9.35 Å². The summed E-state index contributed by atoms with van der Waals surface area (Å²) in [5.41, 5.74) is 6.57. The molecule has 0 saturated heterocycles. The summed E-state index contributed by atoms with van der Waals surface area (Å²) in [6.45, 7) is 3.88. The molecule has 16 heavy (non-hydrogen) atoms. The summed E-state index contributed by atoms with van der Waals surface area (Å²) in [7, 11) is 0. The number of thioether (sulfide) groups is 1. The Morgan fingerprint density at radius 1 is 1.44 bits per heavy atom. The summed E-state index contributed by atoms with van der Waals surface area (Å²) < 4.78 is 0.942. The molecule has 2 N–H and O–H groups in total. The van der Waals surface area contributed by atoms with E-state index in [0.29, 0.717) is 11.6 Å². The van der Waals surface area contributed by atoms with E-state index in [1.165, 1.54) is 11.3 Å². The normalized spacial score (nSPS) is 10.6. The number of aryl methyl sites for hydroxylation is 1. The van der Waals surface area contributed by atoms with Gasteiger partial charge in [-0.1, -0.05) is 30.0 Å². The highest BCUT2D eigenvalue weighted by atomic mass is 32.2. The Kier molecular flexibility index (Phi) is 3.35. The van der Waals surface area contributed by atoms with Crippen molar-refractivity contribution in [2.75, 3.05) is 11.5 Å².